The average Bonchev–Trinajstić information content (AvgIpc) is 3.68. The molecule has 0 saturated carbocycles. The first-order valence-corrected chi connectivity index (χ1v) is 24.6. The van der Waals surface area contributed by atoms with Crippen LogP contribution in [0.4, 0.5) is 0 Å². The van der Waals surface area contributed by atoms with Gasteiger partial charge in [0.25, 0.3) is 0 Å². The average molecular weight is 1010 g/mol. The molecule has 51 heavy (non-hydrogen) atoms. The fourth-order valence-corrected chi connectivity index (χ4v) is 12.2. The van der Waals surface area contributed by atoms with Crippen molar-refractivity contribution in [2.45, 2.75) is 93.8 Å². The van der Waals surface area contributed by atoms with Gasteiger partial charge in [-0.3, -0.25) is 4.79 Å². The van der Waals surface area contributed by atoms with Gasteiger partial charge in [-0.25, -0.2) is 0 Å². The Morgan fingerprint density at radius 1 is 0.882 bits per heavy atom. The second-order valence-electron chi connectivity index (χ2n) is 15.0. The van der Waals surface area contributed by atoms with E-state index in [9.17, 15) is 9.90 Å². The molecule has 0 atom stereocenters. The van der Waals surface area contributed by atoms with Gasteiger partial charge in [0.15, 0.2) is 5.78 Å². The van der Waals surface area contributed by atoms with Crippen LogP contribution in [-0.4, -0.2) is 44.4 Å². The molecule has 3 heterocycles. The molecule has 0 spiro atoms. The molecule has 3 aromatic carbocycles. The number of aromatic nitrogens is 1. The molecule has 3 aromatic heterocycles. The first-order valence-electron chi connectivity index (χ1n) is 18.0. The molecule has 0 aliphatic rings. The van der Waals surface area contributed by atoms with Gasteiger partial charge in [0.2, 0.25) is 0 Å². The van der Waals surface area contributed by atoms with Crippen molar-refractivity contribution in [1.82, 2.24) is 4.98 Å². The van der Waals surface area contributed by atoms with Gasteiger partial charge in [-0.2, -0.15) is 0 Å². The molecule has 0 saturated heterocycles. The van der Waals surface area contributed by atoms with Crippen molar-refractivity contribution >= 4 is 78.5 Å². The summed E-state index contributed by atoms with van der Waals surface area (Å²) in [5.41, 5.74) is 4.37. The first-order chi connectivity index (χ1) is 23.7. The van der Waals surface area contributed by atoms with E-state index in [-0.39, 0.29) is 42.5 Å². The number of ketones is 1. The maximum Gasteiger partial charge on any atom is 0 e. The van der Waals surface area contributed by atoms with Gasteiger partial charge in [0.05, 0.1) is 0 Å². The van der Waals surface area contributed by atoms with Crippen molar-refractivity contribution in [3.63, 3.8) is 0 Å². The largest absolute Gasteiger partial charge is 0 e. The maximum atomic E-state index is 12.2. The summed E-state index contributed by atoms with van der Waals surface area (Å²) in [6.45, 7) is 21.6. The molecular formula is C44H52IrNO2SSiTe-. The molecule has 0 unspecified atom stereocenters. The molecule has 271 valence electrons. The monoisotopic (exact) mass is 1010 g/mol. The summed E-state index contributed by atoms with van der Waals surface area (Å²) in [6.07, 6.45) is 6.73. The summed E-state index contributed by atoms with van der Waals surface area (Å²) in [6, 6.07) is 28.3. The summed E-state index contributed by atoms with van der Waals surface area (Å²) in [4.78, 5) is 18.5. The Hall–Kier alpha value is -2.36. The number of aryl methyl sites for hydroxylation is 1. The number of aliphatic hydroxyl groups excluding tert-OH is 1. The number of allylic oxidation sites excluding steroid dienone is 2. The van der Waals surface area contributed by atoms with Crippen LogP contribution in [0.25, 0.3) is 49.4 Å². The number of hydrogen-bond acceptors (Lipinski definition) is 4. The number of carbonyl (C=O) groups is 1. The number of nitrogens with zero attached hydrogens (tertiary/aromatic N) is 1. The smallest absolute Gasteiger partial charge is 0 e. The number of carbonyl (C=O) groups excluding carboxylic acids is 1. The third-order valence-electron chi connectivity index (χ3n) is 11.0. The van der Waals surface area contributed by atoms with Crippen LogP contribution in [0.3, 0.4) is 0 Å². The topological polar surface area (TPSA) is 50.2 Å². The normalized spacial score (nSPS) is 12.5. The van der Waals surface area contributed by atoms with Crippen LogP contribution in [-0.2, 0) is 24.9 Å². The fraction of sp³-hybridized carbons (Fsp3) is 0.364. The minimum absolute atomic E-state index is 0. The second-order valence-corrected chi connectivity index (χ2v) is 24.1. The van der Waals surface area contributed by atoms with Gasteiger partial charge in [0.1, 0.15) is 5.76 Å². The van der Waals surface area contributed by atoms with Crippen LogP contribution in [0, 0.1) is 23.8 Å². The number of pyridine rings is 1. The van der Waals surface area contributed by atoms with E-state index >= 15 is 0 Å². The molecule has 0 fully saturated rings. The van der Waals surface area contributed by atoms with Crippen LogP contribution < -0.4 is 5.19 Å². The van der Waals surface area contributed by atoms with E-state index in [2.05, 4.69) is 99.4 Å². The molecule has 3 nitrogen and oxygen atoms in total. The number of aliphatic hydroxyl groups is 1. The Balaban J connectivity index is 0.000000279. The van der Waals surface area contributed by atoms with E-state index in [1.807, 2.05) is 59.1 Å². The Bertz CT molecular complexity index is 2170. The van der Waals surface area contributed by atoms with Crippen LogP contribution in [0.2, 0.25) is 19.6 Å². The van der Waals surface area contributed by atoms with E-state index in [1.165, 1.54) is 60.5 Å². The predicted molar refractivity (Wildman–Crippen MR) is 222 cm³/mol. The summed E-state index contributed by atoms with van der Waals surface area (Å²) < 4.78 is 4.29. The van der Waals surface area contributed by atoms with Crippen LogP contribution in [0.1, 0.15) is 72.8 Å². The zero-order valence-electron chi connectivity index (χ0n) is 31.8. The molecule has 1 radical (unpaired) electrons. The Kier molecular flexibility index (Phi) is 13.6. The van der Waals surface area contributed by atoms with Gasteiger partial charge < -0.3 is 5.11 Å². The van der Waals surface area contributed by atoms with Crippen LogP contribution >= 0.6 is 11.3 Å². The SMILES string of the molecule is CCC(C)(CC)C(=O)/C=C(\O)C(C)(CC)CC.Cc1c(-c2ccc([Si](C)(C)C)cc2)sc2c(-c3[c-]ccc4c3[te]c3ccccc34)nccc12.[Ir]. The van der Waals surface area contributed by atoms with Crippen molar-refractivity contribution in [2.75, 3.05) is 0 Å². The van der Waals surface area contributed by atoms with E-state index in [0.717, 1.165) is 31.4 Å². The predicted octanol–water partition coefficient (Wildman–Crippen LogP) is 12.3. The number of rotatable bonds is 10. The number of thiophene rings is 1. The van der Waals surface area contributed by atoms with Gasteiger partial charge in [0, 0.05) is 37.0 Å². The minimum Gasteiger partial charge on any atom is 0 e. The molecule has 6 aromatic rings. The van der Waals surface area contributed by atoms with Gasteiger partial charge in [-0.15, -0.1) is 0 Å². The Labute approximate surface area is 333 Å². The first kappa shape index (κ1) is 41.4. The van der Waals surface area contributed by atoms with Crippen LogP contribution in [0.5, 0.6) is 0 Å². The molecule has 0 bridgehead atoms. The van der Waals surface area contributed by atoms with Crippen LogP contribution in [0.15, 0.2) is 84.8 Å². The zero-order valence-corrected chi connectivity index (χ0v) is 38.3. The third kappa shape index (κ3) is 8.41. The molecule has 7 heteroatoms. The van der Waals surface area contributed by atoms with Crippen molar-refractivity contribution in [2.24, 2.45) is 10.8 Å². The number of fused-ring (bicyclic) bond motifs is 4. The number of benzene rings is 3. The summed E-state index contributed by atoms with van der Waals surface area (Å²) in [7, 11) is -1.30. The van der Waals surface area contributed by atoms with Gasteiger partial charge in [-0.05, 0) is 25.7 Å². The standard InChI is InChI=1S/C29H24NSSiTe.C15H28O2.Ir/c1-18-21-16-17-30-26(24-10-7-9-23-22-8-5-6-11-25(22)33-29(23)24)28(21)31-27(18)19-12-14-20(15-13-19)32(2,3)4;1-7-14(5,8-2)12(16)11-13(17)15(6,9-3)10-4;/h5-9,11-17H,1-4H3;11,16H,7-10H2,1-6H3;/q-1;;/b;12-11-;. The molecule has 1 N–H and O–H groups in total. The maximum absolute atomic E-state index is 12.2. The van der Waals surface area contributed by atoms with Crippen molar-refractivity contribution in [1.29, 1.82) is 0 Å². The summed E-state index contributed by atoms with van der Waals surface area (Å²) >= 11 is 1.45. The molecule has 6 rings (SSSR count). The Morgan fingerprint density at radius 3 is 2.12 bits per heavy atom. The zero-order chi connectivity index (χ0) is 36.4. The second kappa shape index (κ2) is 16.8. The van der Waals surface area contributed by atoms with Gasteiger partial charge >= 0.3 is 210 Å². The van der Waals surface area contributed by atoms with E-state index in [0.29, 0.717) is 0 Å². The fourth-order valence-electron chi connectivity index (χ4n) is 6.27. The van der Waals surface area contributed by atoms with Crippen molar-refractivity contribution < 1.29 is 30.0 Å². The molecule has 0 aliphatic heterocycles. The number of hydrogen-bond donors (Lipinski definition) is 1. The van der Waals surface area contributed by atoms with E-state index in [1.54, 1.807) is 0 Å². The van der Waals surface area contributed by atoms with Crippen molar-refractivity contribution in [3.8, 4) is 21.7 Å². The Morgan fingerprint density at radius 2 is 1.51 bits per heavy atom. The molecule has 0 amide bonds. The molecule has 0 aliphatic carbocycles. The summed E-state index contributed by atoms with van der Waals surface area (Å²) in [5.74, 6) is 0.286. The molecular weight excluding hydrogens is 954 g/mol. The van der Waals surface area contributed by atoms with E-state index in [4.69, 9.17) is 4.98 Å². The van der Waals surface area contributed by atoms with Crippen molar-refractivity contribution in [3.05, 3.63) is 96.4 Å². The quantitative estimate of drug-likeness (QED) is 0.0644. The third-order valence-corrected chi connectivity index (χ3v) is 17.9. The minimum atomic E-state index is -1.30. The van der Waals surface area contributed by atoms with E-state index < -0.39 is 28.5 Å². The summed E-state index contributed by atoms with van der Waals surface area (Å²) in [5, 5.41) is 15.7. The van der Waals surface area contributed by atoms with Gasteiger partial charge in [-0.1, -0.05) is 41.5 Å².